The van der Waals surface area contributed by atoms with Gasteiger partial charge in [0.15, 0.2) is 0 Å². The number of amides is 1. The zero-order chi connectivity index (χ0) is 14.3. The maximum Gasteiger partial charge on any atom is 0.306 e. The van der Waals surface area contributed by atoms with Gasteiger partial charge in [0.2, 0.25) is 5.91 Å². The number of hydrogen-bond acceptors (Lipinski definition) is 4. The summed E-state index contributed by atoms with van der Waals surface area (Å²) in [5.41, 5.74) is -0.540. The lowest BCUT2D eigenvalue weighted by Crippen LogP contribution is -2.37. The number of carbonyl (C=O) groups is 2. The molecule has 106 valence electrons. The molecule has 0 aliphatic carbocycles. The Hall–Kier alpha value is -1.10. The van der Waals surface area contributed by atoms with E-state index < -0.39 is 23.6 Å². The molecule has 0 aliphatic rings. The Morgan fingerprint density at radius 2 is 1.83 bits per heavy atom. The van der Waals surface area contributed by atoms with Crippen LogP contribution in [0.15, 0.2) is 0 Å². The van der Waals surface area contributed by atoms with Crippen LogP contribution in [0.25, 0.3) is 0 Å². The second-order valence-corrected chi connectivity index (χ2v) is 5.78. The SMILES string of the molecule is CC(C)CNC(=O)[C@@H](O)CCC(=O)OC(C)(C)C. The van der Waals surface area contributed by atoms with Crippen LogP contribution in [0.5, 0.6) is 0 Å². The molecule has 0 heterocycles. The van der Waals surface area contributed by atoms with E-state index in [-0.39, 0.29) is 12.8 Å². The Bertz CT molecular complexity index is 281. The zero-order valence-electron chi connectivity index (χ0n) is 11.9. The van der Waals surface area contributed by atoms with Crippen LogP contribution < -0.4 is 5.32 Å². The first kappa shape index (κ1) is 16.9. The quantitative estimate of drug-likeness (QED) is 0.704. The molecule has 5 nitrogen and oxygen atoms in total. The van der Waals surface area contributed by atoms with Crippen LogP contribution in [0, 0.1) is 5.92 Å². The smallest absolute Gasteiger partial charge is 0.306 e. The third-order valence-corrected chi connectivity index (χ3v) is 2.03. The van der Waals surface area contributed by atoms with E-state index in [2.05, 4.69) is 5.32 Å². The van der Waals surface area contributed by atoms with Gasteiger partial charge in [0, 0.05) is 13.0 Å². The molecule has 0 unspecified atom stereocenters. The molecule has 2 N–H and O–H groups in total. The summed E-state index contributed by atoms with van der Waals surface area (Å²) in [5.74, 6) is -0.516. The van der Waals surface area contributed by atoms with Crippen molar-refractivity contribution in [3.63, 3.8) is 0 Å². The molecule has 0 aromatic rings. The molecule has 0 aliphatic heterocycles. The molecular weight excluding hydrogens is 234 g/mol. The minimum absolute atomic E-state index is 0.0353. The maximum atomic E-state index is 11.4. The van der Waals surface area contributed by atoms with Gasteiger partial charge in [0.1, 0.15) is 11.7 Å². The number of ether oxygens (including phenoxy) is 1. The third-order valence-electron chi connectivity index (χ3n) is 2.03. The number of hydrogen-bond donors (Lipinski definition) is 2. The minimum atomic E-state index is -1.16. The van der Waals surface area contributed by atoms with Gasteiger partial charge < -0.3 is 15.2 Å². The van der Waals surface area contributed by atoms with Gasteiger partial charge in [-0.05, 0) is 33.1 Å². The van der Waals surface area contributed by atoms with Gasteiger partial charge in [-0.2, -0.15) is 0 Å². The Balaban J connectivity index is 3.92. The average Bonchev–Trinajstić information content (AvgIpc) is 2.19. The molecular formula is C13H25NO4. The largest absolute Gasteiger partial charge is 0.460 e. The van der Waals surface area contributed by atoms with Crippen molar-refractivity contribution in [3.05, 3.63) is 0 Å². The summed E-state index contributed by atoms with van der Waals surface area (Å²) in [6, 6.07) is 0. The summed E-state index contributed by atoms with van der Waals surface area (Å²) < 4.78 is 5.08. The van der Waals surface area contributed by atoms with E-state index in [1.165, 1.54) is 0 Å². The van der Waals surface area contributed by atoms with Crippen LogP contribution in [-0.2, 0) is 14.3 Å². The Labute approximate surface area is 109 Å². The van der Waals surface area contributed by atoms with Crippen molar-refractivity contribution in [3.8, 4) is 0 Å². The van der Waals surface area contributed by atoms with Crippen LogP contribution in [0.2, 0.25) is 0 Å². The van der Waals surface area contributed by atoms with E-state index >= 15 is 0 Å². The van der Waals surface area contributed by atoms with Gasteiger partial charge in [-0.3, -0.25) is 9.59 Å². The highest BCUT2D eigenvalue weighted by Crippen LogP contribution is 2.10. The molecule has 1 amide bonds. The summed E-state index contributed by atoms with van der Waals surface area (Å²) in [7, 11) is 0. The predicted octanol–water partition coefficient (Wildman–Crippen LogP) is 1.24. The highest BCUT2D eigenvalue weighted by Gasteiger charge is 2.20. The topological polar surface area (TPSA) is 75.6 Å². The second-order valence-electron chi connectivity index (χ2n) is 5.78. The monoisotopic (exact) mass is 259 g/mol. The van der Waals surface area contributed by atoms with Gasteiger partial charge in [0.05, 0.1) is 0 Å². The van der Waals surface area contributed by atoms with Crippen molar-refractivity contribution in [2.24, 2.45) is 5.92 Å². The number of aliphatic hydroxyl groups excluding tert-OH is 1. The van der Waals surface area contributed by atoms with E-state index in [1.807, 2.05) is 13.8 Å². The van der Waals surface area contributed by atoms with Crippen molar-refractivity contribution in [2.45, 2.75) is 59.2 Å². The molecule has 0 rings (SSSR count). The molecule has 0 bridgehead atoms. The Kier molecular flexibility index (Phi) is 6.91. The lowest BCUT2D eigenvalue weighted by Gasteiger charge is -2.20. The summed E-state index contributed by atoms with van der Waals surface area (Å²) in [6.45, 7) is 9.77. The fourth-order valence-electron chi connectivity index (χ4n) is 1.20. The fourth-order valence-corrected chi connectivity index (χ4v) is 1.20. The third kappa shape index (κ3) is 8.98. The Morgan fingerprint density at radius 1 is 1.28 bits per heavy atom. The first-order chi connectivity index (χ1) is 8.11. The first-order valence-electron chi connectivity index (χ1n) is 6.29. The van der Waals surface area contributed by atoms with Gasteiger partial charge in [-0.1, -0.05) is 13.8 Å². The highest BCUT2D eigenvalue weighted by atomic mass is 16.6. The highest BCUT2D eigenvalue weighted by molar-refractivity contribution is 5.81. The van der Waals surface area contributed by atoms with Gasteiger partial charge in [-0.15, -0.1) is 0 Å². The number of nitrogens with one attached hydrogen (secondary N) is 1. The predicted molar refractivity (Wildman–Crippen MR) is 68.9 cm³/mol. The zero-order valence-corrected chi connectivity index (χ0v) is 11.9. The maximum absolute atomic E-state index is 11.4. The van der Waals surface area contributed by atoms with Gasteiger partial charge >= 0.3 is 5.97 Å². The van der Waals surface area contributed by atoms with Gasteiger partial charge in [-0.25, -0.2) is 0 Å². The van der Waals surface area contributed by atoms with E-state index in [0.717, 1.165) is 0 Å². The van der Waals surface area contributed by atoms with Crippen molar-refractivity contribution in [1.29, 1.82) is 0 Å². The van der Waals surface area contributed by atoms with Crippen LogP contribution in [-0.4, -0.2) is 35.2 Å². The van der Waals surface area contributed by atoms with Crippen LogP contribution in [0.3, 0.4) is 0 Å². The van der Waals surface area contributed by atoms with Crippen LogP contribution >= 0.6 is 0 Å². The van der Waals surface area contributed by atoms with Crippen molar-refractivity contribution < 1.29 is 19.4 Å². The van der Waals surface area contributed by atoms with Crippen molar-refractivity contribution in [2.75, 3.05) is 6.54 Å². The summed E-state index contributed by atoms with van der Waals surface area (Å²) in [5, 5.41) is 12.2. The minimum Gasteiger partial charge on any atom is -0.460 e. The van der Waals surface area contributed by atoms with E-state index in [0.29, 0.717) is 12.5 Å². The molecule has 0 aromatic heterocycles. The summed E-state index contributed by atoms with van der Waals surface area (Å²) in [4.78, 5) is 22.8. The van der Waals surface area contributed by atoms with E-state index in [9.17, 15) is 14.7 Å². The molecule has 0 spiro atoms. The molecule has 0 fully saturated rings. The van der Waals surface area contributed by atoms with E-state index in [4.69, 9.17) is 4.74 Å². The van der Waals surface area contributed by atoms with Crippen LogP contribution in [0.1, 0.15) is 47.5 Å². The second kappa shape index (κ2) is 7.36. The van der Waals surface area contributed by atoms with Gasteiger partial charge in [0.25, 0.3) is 0 Å². The number of esters is 1. The summed E-state index contributed by atoms with van der Waals surface area (Å²) in [6.07, 6.45) is -1.04. The molecule has 0 aromatic carbocycles. The van der Waals surface area contributed by atoms with Crippen molar-refractivity contribution in [1.82, 2.24) is 5.32 Å². The summed E-state index contributed by atoms with van der Waals surface area (Å²) >= 11 is 0. The molecule has 18 heavy (non-hydrogen) atoms. The molecule has 0 saturated heterocycles. The number of rotatable bonds is 6. The molecule has 0 saturated carbocycles. The average molecular weight is 259 g/mol. The number of aliphatic hydroxyl groups is 1. The van der Waals surface area contributed by atoms with Crippen molar-refractivity contribution >= 4 is 11.9 Å². The molecule has 5 heteroatoms. The Morgan fingerprint density at radius 3 is 2.28 bits per heavy atom. The van der Waals surface area contributed by atoms with Crippen LogP contribution in [0.4, 0.5) is 0 Å². The molecule has 0 radical (unpaired) electrons. The van der Waals surface area contributed by atoms with E-state index in [1.54, 1.807) is 20.8 Å². The standard InChI is InChI=1S/C13H25NO4/c1-9(2)8-14-12(17)10(15)6-7-11(16)18-13(3,4)5/h9-10,15H,6-8H2,1-5H3,(H,14,17)/t10-/m0/s1. The fraction of sp³-hybridized carbons (Fsp3) is 0.846. The first-order valence-corrected chi connectivity index (χ1v) is 6.29. The number of carbonyl (C=O) groups excluding carboxylic acids is 2. The lowest BCUT2D eigenvalue weighted by molar-refractivity contribution is -0.155. The molecule has 1 atom stereocenters. The normalized spacial score (nSPS) is 13.3. The lowest BCUT2D eigenvalue weighted by atomic mass is 10.1.